The van der Waals surface area contributed by atoms with Gasteiger partial charge in [-0.15, -0.1) is 0 Å². The number of carbonyl (C=O) groups is 1. The zero-order chi connectivity index (χ0) is 15.6. The van der Waals surface area contributed by atoms with Crippen molar-refractivity contribution in [3.63, 3.8) is 0 Å². The predicted molar refractivity (Wildman–Crippen MR) is 78.5 cm³/mol. The molecule has 1 aliphatic heterocycles. The first-order valence-corrected chi connectivity index (χ1v) is 8.26. The van der Waals surface area contributed by atoms with Crippen molar-refractivity contribution < 1.29 is 18.3 Å². The third-order valence-electron chi connectivity index (χ3n) is 3.63. The summed E-state index contributed by atoms with van der Waals surface area (Å²) in [4.78, 5) is 14.1. The maximum atomic E-state index is 12.3. The molecule has 1 amide bonds. The number of sulfonamides is 1. The summed E-state index contributed by atoms with van der Waals surface area (Å²) in [7, 11) is -0.545. The first kappa shape index (κ1) is 15.9. The van der Waals surface area contributed by atoms with Crippen LogP contribution in [0.2, 0.25) is 0 Å². The van der Waals surface area contributed by atoms with E-state index >= 15 is 0 Å². The molecule has 116 valence electrons. The molecule has 1 fully saturated rings. The molecule has 2 rings (SSSR count). The van der Waals surface area contributed by atoms with Crippen molar-refractivity contribution in [1.29, 1.82) is 0 Å². The number of carbonyl (C=O) groups excluding carboxylic acids is 1. The highest BCUT2D eigenvalue weighted by molar-refractivity contribution is 7.89. The zero-order valence-corrected chi connectivity index (χ0v) is 13.0. The van der Waals surface area contributed by atoms with Gasteiger partial charge in [0.25, 0.3) is 5.91 Å². The second kappa shape index (κ2) is 6.13. The van der Waals surface area contributed by atoms with Gasteiger partial charge < -0.3 is 10.0 Å². The molecule has 21 heavy (non-hydrogen) atoms. The lowest BCUT2D eigenvalue weighted by Gasteiger charge is -2.29. The Morgan fingerprint density at radius 1 is 1.19 bits per heavy atom. The van der Waals surface area contributed by atoms with Crippen molar-refractivity contribution in [2.75, 3.05) is 27.2 Å². The molecule has 0 bridgehead atoms. The smallest absolute Gasteiger partial charge is 0.253 e. The van der Waals surface area contributed by atoms with Gasteiger partial charge in [-0.05, 0) is 37.1 Å². The van der Waals surface area contributed by atoms with Gasteiger partial charge in [-0.25, -0.2) is 12.7 Å². The normalized spacial score (nSPS) is 17.2. The number of rotatable bonds is 3. The van der Waals surface area contributed by atoms with E-state index in [0.717, 1.165) is 4.31 Å². The van der Waals surface area contributed by atoms with Gasteiger partial charge in [0.05, 0.1) is 11.0 Å². The second-order valence-corrected chi connectivity index (χ2v) is 7.49. The molecule has 1 aromatic carbocycles. The lowest BCUT2D eigenvalue weighted by atomic mass is 10.1. The Bertz CT molecular complexity index is 602. The van der Waals surface area contributed by atoms with Crippen molar-refractivity contribution in [2.45, 2.75) is 23.8 Å². The minimum atomic E-state index is -3.48. The lowest BCUT2D eigenvalue weighted by Crippen LogP contribution is -2.40. The molecule has 1 N–H and O–H groups in total. The molecule has 1 saturated heterocycles. The topological polar surface area (TPSA) is 77.9 Å². The monoisotopic (exact) mass is 312 g/mol. The Morgan fingerprint density at radius 2 is 1.71 bits per heavy atom. The number of piperidine rings is 1. The van der Waals surface area contributed by atoms with Gasteiger partial charge in [0.1, 0.15) is 0 Å². The van der Waals surface area contributed by atoms with Crippen LogP contribution in [-0.2, 0) is 10.0 Å². The summed E-state index contributed by atoms with van der Waals surface area (Å²) in [6, 6.07) is 5.95. The number of aliphatic hydroxyl groups excluding tert-OH is 1. The first-order valence-electron chi connectivity index (χ1n) is 6.82. The molecule has 0 aromatic heterocycles. The van der Waals surface area contributed by atoms with Crippen LogP contribution in [-0.4, -0.2) is 61.9 Å². The minimum Gasteiger partial charge on any atom is -0.393 e. The third-order valence-corrected chi connectivity index (χ3v) is 5.46. The summed E-state index contributed by atoms with van der Waals surface area (Å²) in [6.45, 7) is 1.05. The molecule has 7 heteroatoms. The summed E-state index contributed by atoms with van der Waals surface area (Å²) >= 11 is 0. The van der Waals surface area contributed by atoms with E-state index in [9.17, 15) is 18.3 Å². The molecule has 1 aliphatic rings. The van der Waals surface area contributed by atoms with Crippen LogP contribution in [0.25, 0.3) is 0 Å². The maximum absolute atomic E-state index is 12.3. The van der Waals surface area contributed by atoms with Gasteiger partial charge in [0.2, 0.25) is 10.0 Å². The third kappa shape index (κ3) is 3.42. The molecule has 0 atom stereocenters. The van der Waals surface area contributed by atoms with Gasteiger partial charge in [-0.1, -0.05) is 0 Å². The fraction of sp³-hybridized carbons (Fsp3) is 0.500. The molecule has 0 saturated carbocycles. The standard InChI is InChI=1S/C14H20N2O4S/c1-15(2)21(19,20)13-5-3-11(4-6-13)14(18)16-9-7-12(17)8-10-16/h3-6,12,17H,7-10H2,1-2H3. The van der Waals surface area contributed by atoms with E-state index in [2.05, 4.69) is 0 Å². The van der Waals surface area contributed by atoms with Crippen molar-refractivity contribution in [1.82, 2.24) is 9.21 Å². The van der Waals surface area contributed by atoms with Crippen LogP contribution >= 0.6 is 0 Å². The van der Waals surface area contributed by atoms with Gasteiger partial charge in [-0.2, -0.15) is 0 Å². The van der Waals surface area contributed by atoms with Crippen LogP contribution in [0.1, 0.15) is 23.2 Å². The highest BCUT2D eigenvalue weighted by Gasteiger charge is 2.23. The zero-order valence-electron chi connectivity index (χ0n) is 12.2. The molecular weight excluding hydrogens is 292 g/mol. The second-order valence-electron chi connectivity index (χ2n) is 5.34. The number of benzene rings is 1. The van der Waals surface area contributed by atoms with Crippen LogP contribution in [0.5, 0.6) is 0 Å². The van der Waals surface area contributed by atoms with E-state index in [4.69, 9.17) is 0 Å². The number of aliphatic hydroxyl groups is 1. The number of nitrogens with zero attached hydrogens (tertiary/aromatic N) is 2. The molecule has 0 radical (unpaired) electrons. The highest BCUT2D eigenvalue weighted by atomic mass is 32.2. The quantitative estimate of drug-likeness (QED) is 0.883. The van der Waals surface area contributed by atoms with Crippen LogP contribution in [0.4, 0.5) is 0 Å². The SMILES string of the molecule is CN(C)S(=O)(=O)c1ccc(C(=O)N2CCC(O)CC2)cc1. The van der Waals surface area contributed by atoms with Crippen molar-refractivity contribution in [3.05, 3.63) is 29.8 Å². The van der Waals surface area contributed by atoms with Crippen LogP contribution < -0.4 is 0 Å². The van der Waals surface area contributed by atoms with Crippen LogP contribution in [0.15, 0.2) is 29.2 Å². The number of hydrogen-bond donors (Lipinski definition) is 1. The molecular formula is C14H20N2O4S. The average Bonchev–Trinajstić information content (AvgIpc) is 2.47. The Kier molecular flexibility index (Phi) is 4.65. The molecule has 0 spiro atoms. The number of hydrogen-bond acceptors (Lipinski definition) is 4. The summed E-state index contributed by atoms with van der Waals surface area (Å²) in [6.07, 6.45) is 0.833. The van der Waals surface area contributed by atoms with Gasteiger partial charge in [0.15, 0.2) is 0 Å². The predicted octanol–water partition coefficient (Wildman–Crippen LogP) is 0.534. The molecule has 0 unspecified atom stereocenters. The van der Waals surface area contributed by atoms with Gasteiger partial charge in [0, 0.05) is 32.7 Å². The van der Waals surface area contributed by atoms with E-state index in [1.54, 1.807) is 4.90 Å². The Labute approximate surface area is 125 Å². The van der Waals surface area contributed by atoms with E-state index in [0.29, 0.717) is 31.5 Å². The number of likely N-dealkylation sites (tertiary alicyclic amines) is 1. The Hall–Kier alpha value is -1.44. The highest BCUT2D eigenvalue weighted by Crippen LogP contribution is 2.17. The Balaban J connectivity index is 2.14. The Morgan fingerprint density at radius 3 is 2.19 bits per heavy atom. The summed E-state index contributed by atoms with van der Waals surface area (Å²) in [5.74, 6) is -0.129. The molecule has 1 heterocycles. The summed E-state index contributed by atoms with van der Waals surface area (Å²) in [5, 5.41) is 9.45. The first-order chi connectivity index (χ1) is 9.82. The maximum Gasteiger partial charge on any atom is 0.253 e. The van der Waals surface area contributed by atoms with E-state index in [1.165, 1.54) is 38.4 Å². The molecule has 6 nitrogen and oxygen atoms in total. The van der Waals surface area contributed by atoms with Crippen molar-refractivity contribution in [2.24, 2.45) is 0 Å². The average molecular weight is 312 g/mol. The van der Waals surface area contributed by atoms with Crippen LogP contribution in [0, 0.1) is 0 Å². The molecule has 1 aromatic rings. The molecule has 0 aliphatic carbocycles. The van der Waals surface area contributed by atoms with E-state index in [1.807, 2.05) is 0 Å². The fourth-order valence-corrected chi connectivity index (χ4v) is 3.13. The largest absolute Gasteiger partial charge is 0.393 e. The van der Waals surface area contributed by atoms with Crippen molar-refractivity contribution in [3.8, 4) is 0 Å². The van der Waals surface area contributed by atoms with Gasteiger partial charge in [-0.3, -0.25) is 4.79 Å². The van der Waals surface area contributed by atoms with Crippen LogP contribution in [0.3, 0.4) is 0 Å². The van der Waals surface area contributed by atoms with Gasteiger partial charge >= 0.3 is 0 Å². The lowest BCUT2D eigenvalue weighted by molar-refractivity contribution is 0.0546. The van der Waals surface area contributed by atoms with E-state index in [-0.39, 0.29) is 16.9 Å². The minimum absolute atomic E-state index is 0.129. The summed E-state index contributed by atoms with van der Waals surface area (Å²) in [5.41, 5.74) is 0.462. The fourth-order valence-electron chi connectivity index (χ4n) is 2.23. The number of amides is 1. The summed E-state index contributed by atoms with van der Waals surface area (Å²) < 4.78 is 25.0. The van der Waals surface area contributed by atoms with E-state index < -0.39 is 10.0 Å². The van der Waals surface area contributed by atoms with Crippen molar-refractivity contribution >= 4 is 15.9 Å².